The van der Waals surface area contributed by atoms with Crippen LogP contribution in [0.5, 0.6) is 0 Å². The van der Waals surface area contributed by atoms with Crippen LogP contribution in [0, 0.1) is 18.9 Å². The zero-order chi connectivity index (χ0) is 21.4. The average molecular weight is 420 g/mol. The normalized spacial score (nSPS) is 10.6. The van der Waals surface area contributed by atoms with Crippen molar-refractivity contribution >= 4 is 16.0 Å². The summed E-state index contributed by atoms with van der Waals surface area (Å²) >= 11 is 0. The zero-order valence-corrected chi connectivity index (χ0v) is 17.3. The molecule has 0 radical (unpaired) electrons. The van der Waals surface area contributed by atoms with Crippen LogP contribution in [0.3, 0.4) is 0 Å². The van der Waals surface area contributed by atoms with Crippen molar-refractivity contribution in [2.45, 2.75) is 18.4 Å². The van der Waals surface area contributed by atoms with Crippen LogP contribution >= 0.6 is 0 Å². The molecule has 0 aromatic heterocycles. The number of hydrogen-bond donors (Lipinski definition) is 0. The molecule has 0 fully saturated rings. The smallest absolute Gasteiger partial charge is 0.339 e. The molecule has 0 heterocycles. The molecule has 0 aliphatic rings. The van der Waals surface area contributed by atoms with Gasteiger partial charge in [-0.2, -0.15) is 0 Å². The summed E-state index contributed by atoms with van der Waals surface area (Å²) in [5, 5.41) is 0. The molecule has 0 unspecified atom stereocenters. The maximum atomic E-state index is 13.1. The first-order valence-corrected chi connectivity index (χ1v) is 10.7. The molecule has 6 heteroatoms. The van der Waals surface area contributed by atoms with Crippen LogP contribution in [0.1, 0.15) is 21.5 Å². The molecule has 0 spiro atoms. The van der Waals surface area contributed by atoms with E-state index >= 15 is 0 Å². The zero-order valence-electron chi connectivity index (χ0n) is 16.5. The fraction of sp³-hybridized carbons (Fsp3) is 0.125. The van der Waals surface area contributed by atoms with Crippen LogP contribution in [0.2, 0.25) is 0 Å². The Bertz CT molecular complexity index is 1150. The van der Waals surface area contributed by atoms with Crippen molar-refractivity contribution in [3.05, 3.63) is 102 Å². The summed E-state index contributed by atoms with van der Waals surface area (Å²) in [6.07, 6.45) is 0. The fourth-order valence-corrected chi connectivity index (χ4v) is 3.89. The lowest BCUT2D eigenvalue weighted by Crippen LogP contribution is -2.26. The fourth-order valence-electron chi connectivity index (χ4n) is 2.65. The molecule has 3 aromatic carbocycles. The van der Waals surface area contributed by atoms with Crippen molar-refractivity contribution in [2.75, 3.05) is 6.61 Å². The van der Waals surface area contributed by atoms with Gasteiger partial charge in [0.15, 0.2) is 6.61 Å². The van der Waals surface area contributed by atoms with Crippen molar-refractivity contribution in [3.63, 3.8) is 0 Å². The molecule has 0 saturated carbocycles. The molecule has 3 aromatic rings. The Balaban J connectivity index is 1.79. The van der Waals surface area contributed by atoms with Gasteiger partial charge >= 0.3 is 5.97 Å². The molecule has 152 valence electrons. The van der Waals surface area contributed by atoms with E-state index in [4.69, 9.17) is 4.74 Å². The third-order valence-electron chi connectivity index (χ3n) is 4.27. The van der Waals surface area contributed by atoms with Crippen LogP contribution in [0.4, 0.5) is 0 Å². The molecular weight excluding hydrogens is 398 g/mol. The number of ether oxygens (including phenoxy) is 1. The van der Waals surface area contributed by atoms with E-state index in [2.05, 4.69) is 12.0 Å². The molecule has 5 nitrogen and oxygen atoms in total. The van der Waals surface area contributed by atoms with Crippen molar-refractivity contribution in [2.24, 2.45) is 0 Å². The van der Waals surface area contributed by atoms with E-state index < -0.39 is 16.0 Å². The van der Waals surface area contributed by atoms with Crippen LogP contribution in [0.25, 0.3) is 0 Å². The number of aryl methyl sites for hydroxylation is 1. The molecule has 3 rings (SSSR count). The summed E-state index contributed by atoms with van der Waals surface area (Å²) in [4.78, 5) is 12.2. The number of sulfonamides is 1. The van der Waals surface area contributed by atoms with Gasteiger partial charge in [-0.25, -0.2) is 17.5 Å². The second kappa shape index (κ2) is 9.77. The molecule has 0 bridgehead atoms. The lowest BCUT2D eigenvalue weighted by atomic mass is 10.2. The number of esters is 1. The summed E-state index contributed by atoms with van der Waals surface area (Å²) in [5.74, 6) is 2.13. The third-order valence-corrected chi connectivity index (χ3v) is 5.94. The highest BCUT2D eigenvalue weighted by Gasteiger charge is 2.22. The number of carbonyl (C=O) groups excluding carboxylic acids is 1. The summed E-state index contributed by atoms with van der Waals surface area (Å²) in [6, 6.07) is 27.0. The highest BCUT2D eigenvalue weighted by atomic mass is 32.2. The van der Waals surface area contributed by atoms with Gasteiger partial charge in [-0.1, -0.05) is 66.2 Å². The van der Waals surface area contributed by atoms with Crippen LogP contribution in [-0.4, -0.2) is 25.3 Å². The van der Waals surface area contributed by atoms with Crippen LogP contribution < -0.4 is 0 Å². The highest BCUT2D eigenvalue weighted by Crippen LogP contribution is 2.18. The summed E-state index contributed by atoms with van der Waals surface area (Å²) < 4.78 is 32.4. The van der Waals surface area contributed by atoms with Gasteiger partial charge < -0.3 is 4.74 Å². The number of nitrogens with zero attached hydrogens (tertiary/aromatic N) is 1. The molecule has 0 atom stereocenters. The van der Waals surface area contributed by atoms with Gasteiger partial charge in [0.1, 0.15) is 0 Å². The van der Waals surface area contributed by atoms with E-state index in [-0.39, 0.29) is 18.0 Å². The third kappa shape index (κ3) is 5.49. The quantitative estimate of drug-likeness (QED) is 0.344. The van der Waals surface area contributed by atoms with Gasteiger partial charge in [-0.15, -0.1) is 0 Å². The van der Waals surface area contributed by atoms with Crippen molar-refractivity contribution in [3.8, 4) is 12.0 Å². The number of benzene rings is 3. The van der Waals surface area contributed by atoms with Crippen molar-refractivity contribution in [1.29, 1.82) is 0 Å². The molecule has 0 aliphatic carbocycles. The van der Waals surface area contributed by atoms with Crippen LogP contribution in [-0.2, 0) is 21.3 Å². The second-order valence-corrected chi connectivity index (χ2v) is 8.40. The van der Waals surface area contributed by atoms with Crippen molar-refractivity contribution < 1.29 is 17.9 Å². The maximum absolute atomic E-state index is 13.1. The van der Waals surface area contributed by atoms with Gasteiger partial charge in [-0.3, -0.25) is 0 Å². The van der Waals surface area contributed by atoms with Gasteiger partial charge in [0.05, 0.1) is 17.0 Å². The number of carbonyl (C=O) groups is 1. The van der Waals surface area contributed by atoms with E-state index in [0.717, 1.165) is 15.4 Å². The van der Waals surface area contributed by atoms with Gasteiger partial charge in [0.25, 0.3) is 10.0 Å². The van der Waals surface area contributed by atoms with E-state index in [0.29, 0.717) is 5.56 Å². The molecule has 0 N–H and O–H groups in total. The molecule has 30 heavy (non-hydrogen) atoms. The first-order chi connectivity index (χ1) is 14.5. The van der Waals surface area contributed by atoms with E-state index in [1.807, 2.05) is 37.3 Å². The highest BCUT2D eigenvalue weighted by molar-refractivity contribution is 7.89. The first kappa shape index (κ1) is 21.2. The molecule has 0 aliphatic heterocycles. The lowest BCUT2D eigenvalue weighted by Gasteiger charge is -2.18. The predicted molar refractivity (Wildman–Crippen MR) is 115 cm³/mol. The second-order valence-electron chi connectivity index (χ2n) is 6.54. The minimum atomic E-state index is -3.85. The minimum absolute atomic E-state index is 0.0800. The Labute approximate surface area is 177 Å². The standard InChI is InChI=1S/C24H21NO4S/c1-20-13-15-23(16-14-20)30(27,28)25(19-21-9-4-2-5-10-21)17-8-18-29-24(26)22-11-6-3-7-12-22/h2-7,9-16H,18-19H2,1H3. The SMILES string of the molecule is Cc1ccc(S(=O)(=O)N(C#CCOC(=O)c2ccccc2)Cc2ccccc2)cc1. The van der Waals surface area contributed by atoms with Crippen molar-refractivity contribution in [1.82, 2.24) is 4.31 Å². The van der Waals surface area contributed by atoms with Gasteiger partial charge in [-0.05, 0) is 42.7 Å². The largest absolute Gasteiger partial charge is 0.449 e. The maximum Gasteiger partial charge on any atom is 0.339 e. The van der Waals surface area contributed by atoms with E-state index in [9.17, 15) is 13.2 Å². The molecular formula is C24H21NO4S. The van der Waals surface area contributed by atoms with Gasteiger partial charge in [0.2, 0.25) is 0 Å². The Kier molecular flexibility index (Phi) is 6.89. The average Bonchev–Trinajstić information content (AvgIpc) is 2.77. The summed E-state index contributed by atoms with van der Waals surface area (Å²) in [7, 11) is -3.85. The lowest BCUT2D eigenvalue weighted by molar-refractivity contribution is 0.0556. The monoisotopic (exact) mass is 419 g/mol. The molecule has 0 saturated heterocycles. The van der Waals surface area contributed by atoms with Gasteiger partial charge in [0, 0.05) is 6.04 Å². The Hall–Kier alpha value is -3.56. The predicted octanol–water partition coefficient (Wildman–Crippen LogP) is 4.00. The topological polar surface area (TPSA) is 63.7 Å². The minimum Gasteiger partial charge on any atom is -0.449 e. The van der Waals surface area contributed by atoms with E-state index in [1.54, 1.807) is 54.6 Å². The van der Waals surface area contributed by atoms with E-state index in [1.165, 1.54) is 0 Å². The summed E-state index contributed by atoms with van der Waals surface area (Å²) in [6.45, 7) is 1.75. The number of rotatable bonds is 6. The number of hydrogen-bond acceptors (Lipinski definition) is 4. The van der Waals surface area contributed by atoms with Crippen LogP contribution in [0.15, 0.2) is 89.8 Å². The molecule has 0 amide bonds. The Morgan fingerprint density at radius 3 is 2.13 bits per heavy atom. The first-order valence-electron chi connectivity index (χ1n) is 9.31. The summed E-state index contributed by atoms with van der Waals surface area (Å²) in [5.41, 5.74) is 2.17. The Morgan fingerprint density at radius 1 is 0.900 bits per heavy atom. The Morgan fingerprint density at radius 2 is 1.50 bits per heavy atom.